The zero-order chi connectivity index (χ0) is 22.0. The number of methoxy groups -OCH3 is 1. The Bertz CT molecular complexity index is 1270. The molecule has 1 amide bonds. The van der Waals surface area contributed by atoms with Crippen molar-refractivity contribution in [1.29, 1.82) is 5.26 Å². The molecule has 0 radical (unpaired) electrons. The summed E-state index contributed by atoms with van der Waals surface area (Å²) in [6.45, 7) is 4.70. The zero-order valence-electron chi connectivity index (χ0n) is 17.6. The van der Waals surface area contributed by atoms with Crippen molar-refractivity contribution in [3.05, 3.63) is 53.0 Å². The molecule has 0 saturated carbocycles. The maximum absolute atomic E-state index is 13.2. The highest BCUT2D eigenvalue weighted by Gasteiger charge is 2.21. The molecule has 0 atom stereocenters. The Labute approximate surface area is 183 Å². The van der Waals surface area contributed by atoms with Gasteiger partial charge in [-0.15, -0.1) is 0 Å². The standard InChI is InChI=1S/C22H22N6O2S/c1-14-17(15(2)28-21(25-14)16(12-23)13-24-28)8-9-20(29)27(10-11-30-3)22-26-18-6-4-5-7-19(18)31-22/h4-7,13H,8-11H2,1-3H3. The SMILES string of the molecule is COCCN(C(=O)CCc1c(C)nc2c(C#N)cnn2c1C)c1nc2ccccc2s1. The summed E-state index contributed by atoms with van der Waals surface area (Å²) in [5.41, 5.74) is 4.52. The van der Waals surface area contributed by atoms with E-state index in [1.54, 1.807) is 16.5 Å². The van der Waals surface area contributed by atoms with Crippen molar-refractivity contribution in [2.75, 3.05) is 25.2 Å². The van der Waals surface area contributed by atoms with Crippen LogP contribution in [0.15, 0.2) is 30.5 Å². The van der Waals surface area contributed by atoms with Crippen LogP contribution in [0.4, 0.5) is 5.13 Å². The molecular formula is C22H22N6O2S. The average Bonchev–Trinajstić information content (AvgIpc) is 3.37. The van der Waals surface area contributed by atoms with Crippen LogP contribution in [0.25, 0.3) is 15.9 Å². The van der Waals surface area contributed by atoms with E-state index in [1.165, 1.54) is 17.5 Å². The van der Waals surface area contributed by atoms with Gasteiger partial charge in [0.1, 0.15) is 11.6 Å². The predicted molar refractivity (Wildman–Crippen MR) is 119 cm³/mol. The predicted octanol–water partition coefficient (Wildman–Crippen LogP) is 3.44. The third-order valence-electron chi connectivity index (χ3n) is 5.25. The van der Waals surface area contributed by atoms with E-state index in [1.807, 2.05) is 38.1 Å². The molecule has 158 valence electrons. The summed E-state index contributed by atoms with van der Waals surface area (Å²) < 4.78 is 7.93. The molecule has 0 bridgehead atoms. The van der Waals surface area contributed by atoms with Crippen LogP contribution in [0.1, 0.15) is 28.9 Å². The van der Waals surface area contributed by atoms with Crippen LogP contribution in [-0.2, 0) is 16.0 Å². The molecule has 1 aromatic carbocycles. The Morgan fingerprint density at radius 2 is 2.10 bits per heavy atom. The molecule has 0 unspecified atom stereocenters. The topological polar surface area (TPSA) is 96.4 Å². The Balaban J connectivity index is 1.58. The summed E-state index contributed by atoms with van der Waals surface area (Å²) in [6.07, 6.45) is 2.35. The van der Waals surface area contributed by atoms with Crippen LogP contribution in [0.2, 0.25) is 0 Å². The van der Waals surface area contributed by atoms with E-state index in [9.17, 15) is 10.1 Å². The van der Waals surface area contributed by atoms with E-state index in [-0.39, 0.29) is 5.91 Å². The number of carbonyl (C=O) groups excluding carboxylic acids is 1. The molecule has 0 fully saturated rings. The van der Waals surface area contributed by atoms with Gasteiger partial charge in [-0.2, -0.15) is 10.4 Å². The van der Waals surface area contributed by atoms with Crippen LogP contribution in [0, 0.1) is 25.2 Å². The number of fused-ring (bicyclic) bond motifs is 2. The number of carbonyl (C=O) groups is 1. The highest BCUT2D eigenvalue weighted by molar-refractivity contribution is 7.22. The van der Waals surface area contributed by atoms with Crippen LogP contribution in [0.3, 0.4) is 0 Å². The van der Waals surface area contributed by atoms with Gasteiger partial charge in [-0.1, -0.05) is 23.5 Å². The number of nitriles is 1. The molecule has 31 heavy (non-hydrogen) atoms. The average molecular weight is 435 g/mol. The van der Waals surface area contributed by atoms with Gasteiger partial charge in [-0.05, 0) is 38.0 Å². The number of para-hydroxylation sites is 1. The molecule has 3 aromatic heterocycles. The van der Waals surface area contributed by atoms with Crippen LogP contribution < -0.4 is 4.90 Å². The minimum absolute atomic E-state index is 0.0202. The Morgan fingerprint density at radius 1 is 1.29 bits per heavy atom. The Kier molecular flexibility index (Phi) is 5.93. The lowest BCUT2D eigenvalue weighted by atomic mass is 10.1. The lowest BCUT2D eigenvalue weighted by molar-refractivity contribution is -0.118. The summed E-state index contributed by atoms with van der Waals surface area (Å²) in [5, 5.41) is 14.2. The lowest BCUT2D eigenvalue weighted by Gasteiger charge is -2.20. The van der Waals surface area contributed by atoms with Crippen LogP contribution >= 0.6 is 11.3 Å². The Morgan fingerprint density at radius 3 is 2.84 bits per heavy atom. The van der Waals surface area contributed by atoms with Gasteiger partial charge in [0.2, 0.25) is 5.91 Å². The fourth-order valence-electron chi connectivity index (χ4n) is 3.60. The van der Waals surface area contributed by atoms with Crippen molar-refractivity contribution >= 4 is 38.2 Å². The van der Waals surface area contributed by atoms with Gasteiger partial charge in [-0.3, -0.25) is 9.69 Å². The Hall–Kier alpha value is -3.35. The minimum atomic E-state index is -0.0202. The summed E-state index contributed by atoms with van der Waals surface area (Å²) in [4.78, 5) is 24.1. The minimum Gasteiger partial charge on any atom is -0.383 e. The van der Waals surface area contributed by atoms with Gasteiger partial charge >= 0.3 is 0 Å². The number of thiazole rings is 1. The second kappa shape index (κ2) is 8.79. The molecule has 0 spiro atoms. The molecule has 9 heteroatoms. The van der Waals surface area contributed by atoms with Gasteiger partial charge in [0.05, 0.1) is 29.6 Å². The van der Waals surface area contributed by atoms with E-state index in [0.717, 1.165) is 27.2 Å². The van der Waals surface area contributed by atoms with E-state index in [0.29, 0.717) is 42.3 Å². The summed E-state index contributed by atoms with van der Waals surface area (Å²) in [6, 6.07) is 9.97. The molecule has 0 saturated heterocycles. The first-order valence-electron chi connectivity index (χ1n) is 9.92. The number of hydrogen-bond acceptors (Lipinski definition) is 7. The second-order valence-electron chi connectivity index (χ2n) is 7.17. The van der Waals surface area contributed by atoms with Gasteiger partial charge in [0.15, 0.2) is 10.8 Å². The number of ether oxygens (including phenoxy) is 1. The van der Waals surface area contributed by atoms with Crippen molar-refractivity contribution in [3.63, 3.8) is 0 Å². The second-order valence-corrected chi connectivity index (χ2v) is 8.18. The quantitative estimate of drug-likeness (QED) is 0.442. The molecule has 8 nitrogen and oxygen atoms in total. The lowest BCUT2D eigenvalue weighted by Crippen LogP contribution is -2.34. The summed E-state index contributed by atoms with van der Waals surface area (Å²) in [7, 11) is 1.62. The smallest absolute Gasteiger partial charge is 0.229 e. The third kappa shape index (κ3) is 4.00. The van der Waals surface area contributed by atoms with Crippen molar-refractivity contribution in [3.8, 4) is 6.07 Å². The van der Waals surface area contributed by atoms with Crippen molar-refractivity contribution in [2.45, 2.75) is 26.7 Å². The molecule has 4 aromatic rings. The zero-order valence-corrected chi connectivity index (χ0v) is 18.4. The molecule has 4 rings (SSSR count). The molecular weight excluding hydrogens is 412 g/mol. The van der Waals surface area contributed by atoms with Crippen molar-refractivity contribution in [1.82, 2.24) is 19.6 Å². The van der Waals surface area contributed by atoms with E-state index < -0.39 is 0 Å². The molecule has 0 aliphatic carbocycles. The fraction of sp³-hybridized carbons (Fsp3) is 0.318. The number of anilines is 1. The van der Waals surface area contributed by atoms with Gasteiger partial charge in [-0.25, -0.2) is 14.5 Å². The van der Waals surface area contributed by atoms with E-state index in [2.05, 4.69) is 21.1 Å². The fourth-order valence-corrected chi connectivity index (χ4v) is 4.61. The van der Waals surface area contributed by atoms with Gasteiger partial charge in [0.25, 0.3) is 0 Å². The van der Waals surface area contributed by atoms with Crippen LogP contribution in [0.5, 0.6) is 0 Å². The van der Waals surface area contributed by atoms with Crippen molar-refractivity contribution < 1.29 is 9.53 Å². The summed E-state index contributed by atoms with van der Waals surface area (Å²) >= 11 is 1.50. The largest absolute Gasteiger partial charge is 0.383 e. The molecule has 0 aliphatic heterocycles. The normalized spacial score (nSPS) is 11.2. The highest BCUT2D eigenvalue weighted by atomic mass is 32.1. The number of benzene rings is 1. The van der Waals surface area contributed by atoms with Gasteiger partial charge < -0.3 is 4.74 Å². The first-order valence-corrected chi connectivity index (χ1v) is 10.7. The van der Waals surface area contributed by atoms with Gasteiger partial charge in [0, 0.05) is 24.9 Å². The number of aryl methyl sites for hydroxylation is 2. The summed E-state index contributed by atoms with van der Waals surface area (Å²) in [5.74, 6) is -0.0202. The number of amides is 1. The third-order valence-corrected chi connectivity index (χ3v) is 6.31. The van der Waals surface area contributed by atoms with Crippen LogP contribution in [-0.4, -0.2) is 45.8 Å². The number of aromatic nitrogens is 4. The monoisotopic (exact) mass is 434 g/mol. The number of hydrogen-bond donors (Lipinski definition) is 0. The molecule has 0 N–H and O–H groups in total. The highest BCUT2D eigenvalue weighted by Crippen LogP contribution is 2.29. The first-order chi connectivity index (χ1) is 15.0. The number of rotatable bonds is 7. The molecule has 0 aliphatic rings. The molecule has 3 heterocycles. The maximum atomic E-state index is 13.2. The number of nitrogens with zero attached hydrogens (tertiary/aromatic N) is 6. The van der Waals surface area contributed by atoms with E-state index >= 15 is 0 Å². The maximum Gasteiger partial charge on any atom is 0.229 e. The van der Waals surface area contributed by atoms with Crippen molar-refractivity contribution in [2.24, 2.45) is 0 Å². The van der Waals surface area contributed by atoms with E-state index in [4.69, 9.17) is 4.74 Å². The first kappa shape index (κ1) is 20.9.